The van der Waals surface area contributed by atoms with E-state index in [1.165, 1.54) is 30.9 Å². The molecule has 196 valence electrons. The molecule has 2 aliphatic rings. The fraction of sp³-hybridized carbons (Fsp3) is 0.522. The number of aliphatic carboxylic acids is 1. The molecule has 0 radical (unpaired) electrons. The van der Waals surface area contributed by atoms with Gasteiger partial charge >= 0.3 is 41.5 Å². The second-order valence-electron chi connectivity index (χ2n) is 8.57. The van der Waals surface area contributed by atoms with E-state index >= 15 is 0 Å². The van der Waals surface area contributed by atoms with Gasteiger partial charge in [0.15, 0.2) is 0 Å². The van der Waals surface area contributed by atoms with Crippen molar-refractivity contribution < 1.29 is 77.6 Å². The van der Waals surface area contributed by atoms with E-state index in [0.717, 1.165) is 0 Å². The Morgan fingerprint density at radius 3 is 2.27 bits per heavy atom. The van der Waals surface area contributed by atoms with E-state index < -0.39 is 58.7 Å². The third-order valence-electron chi connectivity index (χ3n) is 5.79. The Morgan fingerprint density at radius 1 is 1.08 bits per heavy atom. The van der Waals surface area contributed by atoms with Crippen molar-refractivity contribution >= 4 is 41.5 Å². The van der Waals surface area contributed by atoms with Crippen molar-refractivity contribution in [3.05, 3.63) is 23.8 Å². The van der Waals surface area contributed by atoms with Crippen LogP contribution in [0.25, 0.3) is 0 Å². The van der Waals surface area contributed by atoms with Gasteiger partial charge in [0.05, 0.1) is 14.2 Å². The van der Waals surface area contributed by atoms with Crippen molar-refractivity contribution in [2.24, 2.45) is 0 Å². The van der Waals surface area contributed by atoms with Crippen LogP contribution in [0.15, 0.2) is 18.2 Å². The number of β-lactam (4-membered cyclic amide) rings is 1. The molecule has 12 nitrogen and oxygen atoms in total. The molecule has 2 amide bonds. The molecule has 2 aliphatic heterocycles. The Balaban J connectivity index is 0.00000481. The molecule has 2 saturated heterocycles. The van der Waals surface area contributed by atoms with Gasteiger partial charge in [-0.25, -0.2) is 4.79 Å². The summed E-state index contributed by atoms with van der Waals surface area (Å²) < 4.78 is 19.6. The zero-order valence-electron chi connectivity index (χ0n) is 21.2. The fourth-order valence-corrected chi connectivity index (χ4v) is 5.72. The normalized spacial score (nSPS) is 21.0. The number of nitrogens with one attached hydrogen (secondary N) is 1. The van der Waals surface area contributed by atoms with Crippen molar-refractivity contribution in [1.29, 1.82) is 0 Å². The van der Waals surface area contributed by atoms with Gasteiger partial charge in [-0.3, -0.25) is 14.4 Å². The van der Waals surface area contributed by atoms with Gasteiger partial charge in [-0.15, -0.1) is 11.8 Å². The Labute approximate surface area is 240 Å². The molecule has 0 aromatic heterocycles. The van der Waals surface area contributed by atoms with Gasteiger partial charge in [0.1, 0.15) is 34.5 Å². The van der Waals surface area contributed by atoms with Gasteiger partial charge in [0.2, 0.25) is 12.7 Å². The van der Waals surface area contributed by atoms with Gasteiger partial charge in [-0.2, -0.15) is 0 Å². The number of amides is 2. The Morgan fingerprint density at radius 2 is 1.70 bits per heavy atom. The maximum Gasteiger partial charge on any atom is 1.00 e. The maximum absolute atomic E-state index is 13.0. The minimum Gasteiger partial charge on any atom is -0.550 e. The molecule has 1 aromatic carbocycles. The topological polar surface area (TPSA) is 161 Å². The number of fused-ring (bicyclic) bond motifs is 1. The smallest absolute Gasteiger partial charge is 0.550 e. The molecule has 2 heterocycles. The number of benzene rings is 1. The molecule has 14 heteroatoms. The molecule has 1 N–H and O–H groups in total. The molecule has 1 aromatic rings. The van der Waals surface area contributed by atoms with E-state index in [4.69, 9.17) is 18.9 Å². The summed E-state index contributed by atoms with van der Waals surface area (Å²) in [5.74, 6) is -3.21. The van der Waals surface area contributed by atoms with Crippen LogP contribution in [0.5, 0.6) is 11.5 Å². The van der Waals surface area contributed by atoms with Crippen LogP contribution in [0.1, 0.15) is 43.5 Å². The van der Waals surface area contributed by atoms with E-state index in [1.54, 1.807) is 32.0 Å². The number of hydrogen-bond acceptors (Lipinski definition) is 11. The molecule has 0 aliphatic carbocycles. The van der Waals surface area contributed by atoms with E-state index in [1.807, 2.05) is 0 Å². The molecule has 3 rings (SSSR count). The average molecular weight is 547 g/mol. The summed E-state index contributed by atoms with van der Waals surface area (Å²) in [6.45, 7) is 2.87. The van der Waals surface area contributed by atoms with Crippen molar-refractivity contribution in [3.8, 4) is 11.5 Å². The Kier molecular flexibility index (Phi) is 10.7. The number of rotatable bonds is 11. The van der Waals surface area contributed by atoms with Crippen molar-refractivity contribution in [2.45, 2.75) is 55.3 Å². The summed E-state index contributed by atoms with van der Waals surface area (Å²) in [6, 6.07) is 3.02. The quantitative estimate of drug-likeness (QED) is 0.129. The fourth-order valence-electron chi connectivity index (χ4n) is 4.10. The average Bonchev–Trinajstić information content (AvgIpc) is 3.09. The van der Waals surface area contributed by atoms with Crippen molar-refractivity contribution in [1.82, 2.24) is 10.2 Å². The Bertz CT molecular complexity index is 1040. The Hall–Kier alpha value is -2.48. The van der Waals surface area contributed by atoms with Crippen LogP contribution in [-0.2, 0) is 28.7 Å². The zero-order valence-corrected chi connectivity index (χ0v) is 24.0. The van der Waals surface area contributed by atoms with Crippen LogP contribution in [0, 0.1) is 0 Å². The van der Waals surface area contributed by atoms with E-state index in [9.17, 15) is 29.1 Å². The summed E-state index contributed by atoms with van der Waals surface area (Å²) >= 11 is 1.33. The standard InChI is InChI=1S/C23H28N2O10S.Na/c1-23(2)18(22(31)35-11-34-15(28)10-6-9-14(26)27)25-20(30)17(21(25)36-23)24-19(29)16-12(32-3)7-5-8-13(16)33-4;/h5,7-8,17-18,21H,6,9-11H2,1-4H3,(H,24,29)(H,26,27);/q;+1/p-1/t17-,18+,21-;/m1./s1. The molecule has 37 heavy (non-hydrogen) atoms. The SMILES string of the molecule is COc1cccc(OC)c1C(=O)N[C@@H]1C(=O)N2[C@@H]1SC(C)(C)[C@@H]2C(=O)OCOC(=O)CCCC(=O)[O-].[Na+]. The first-order valence-electron chi connectivity index (χ1n) is 11.1. The number of thioether (sulfide) groups is 1. The number of nitrogens with zero attached hydrogens (tertiary/aromatic N) is 1. The van der Waals surface area contributed by atoms with Crippen LogP contribution in [-0.4, -0.2) is 77.8 Å². The summed E-state index contributed by atoms with van der Waals surface area (Å²) in [7, 11) is 2.83. The number of carboxylic acids is 1. The summed E-state index contributed by atoms with van der Waals surface area (Å²) in [5.41, 5.74) is 0.147. The van der Waals surface area contributed by atoms with Crippen LogP contribution in [0.4, 0.5) is 0 Å². The van der Waals surface area contributed by atoms with Gasteiger partial charge < -0.3 is 39.1 Å². The van der Waals surface area contributed by atoms with E-state index in [2.05, 4.69) is 5.32 Å². The zero-order chi connectivity index (χ0) is 26.6. The molecular weight excluding hydrogens is 519 g/mol. The third kappa shape index (κ3) is 6.70. The largest absolute Gasteiger partial charge is 1.00 e. The van der Waals surface area contributed by atoms with Gasteiger partial charge in [0.25, 0.3) is 5.91 Å². The van der Waals surface area contributed by atoms with E-state index in [0.29, 0.717) is 0 Å². The number of carbonyl (C=O) groups excluding carboxylic acids is 5. The molecule has 3 atom stereocenters. The van der Waals surface area contributed by atoms with Crippen LogP contribution < -0.4 is 49.5 Å². The van der Waals surface area contributed by atoms with Gasteiger partial charge in [-0.05, 0) is 38.8 Å². The van der Waals surface area contributed by atoms with E-state index in [-0.39, 0.29) is 65.9 Å². The molecule has 0 unspecified atom stereocenters. The minimum absolute atomic E-state index is 0. The van der Waals surface area contributed by atoms with Crippen molar-refractivity contribution in [2.75, 3.05) is 21.0 Å². The first-order valence-corrected chi connectivity index (χ1v) is 11.9. The maximum atomic E-state index is 13.0. The predicted octanol–water partition coefficient (Wildman–Crippen LogP) is -3.17. The number of ether oxygens (including phenoxy) is 4. The second-order valence-corrected chi connectivity index (χ2v) is 10.3. The molecular formula is C23H27N2NaO10S. The minimum atomic E-state index is -1.28. The monoisotopic (exact) mass is 546 g/mol. The number of carboxylic acid groups (broad SMARTS) is 1. The summed E-state index contributed by atoms with van der Waals surface area (Å²) in [5, 5.41) is 12.6. The third-order valence-corrected chi connectivity index (χ3v) is 7.36. The number of esters is 2. The molecule has 0 bridgehead atoms. The number of hydrogen-bond donors (Lipinski definition) is 1. The van der Waals surface area contributed by atoms with Crippen LogP contribution >= 0.6 is 11.8 Å². The van der Waals surface area contributed by atoms with Crippen LogP contribution in [0.3, 0.4) is 0 Å². The van der Waals surface area contributed by atoms with Gasteiger partial charge in [-0.1, -0.05) is 6.07 Å². The van der Waals surface area contributed by atoms with Crippen molar-refractivity contribution in [3.63, 3.8) is 0 Å². The second kappa shape index (κ2) is 12.9. The molecule has 2 fully saturated rings. The molecule has 0 saturated carbocycles. The predicted molar refractivity (Wildman–Crippen MR) is 123 cm³/mol. The van der Waals surface area contributed by atoms with Crippen LogP contribution in [0.2, 0.25) is 0 Å². The number of carbonyl (C=O) groups is 5. The number of methoxy groups -OCH3 is 2. The first kappa shape index (κ1) is 30.7. The summed E-state index contributed by atoms with van der Waals surface area (Å²) in [6.07, 6.45) is -0.414. The van der Waals surface area contributed by atoms with Gasteiger partial charge in [0, 0.05) is 17.1 Å². The summed E-state index contributed by atoms with van der Waals surface area (Å²) in [4.78, 5) is 62.1. The first-order chi connectivity index (χ1) is 17.0. The molecule has 0 spiro atoms.